The van der Waals surface area contributed by atoms with Crippen molar-refractivity contribution in [1.82, 2.24) is 15.6 Å². The van der Waals surface area contributed by atoms with E-state index in [-0.39, 0.29) is 17.9 Å². The molecule has 1 aromatic rings. The number of carbonyl (C=O) groups is 2. The van der Waals surface area contributed by atoms with Gasteiger partial charge < -0.3 is 15.4 Å². The Morgan fingerprint density at radius 1 is 1.32 bits per heavy atom. The highest BCUT2D eigenvalue weighted by atomic mass is 16.5. The number of nitrogens with zero attached hydrogens (tertiary/aromatic N) is 1. The highest BCUT2D eigenvalue weighted by Crippen LogP contribution is 2.11. The number of hydrogen-bond acceptors (Lipinski definition) is 4. The molecular weight excluding hydrogens is 246 g/mol. The van der Waals surface area contributed by atoms with E-state index in [1.807, 2.05) is 0 Å². The van der Waals surface area contributed by atoms with Crippen LogP contribution in [0.15, 0.2) is 24.4 Å². The molecule has 0 aliphatic carbocycles. The molecule has 1 fully saturated rings. The van der Waals surface area contributed by atoms with E-state index in [0.717, 1.165) is 12.8 Å². The van der Waals surface area contributed by atoms with Crippen LogP contribution in [0.5, 0.6) is 0 Å². The summed E-state index contributed by atoms with van der Waals surface area (Å²) in [5, 5.41) is 5.42. The molecule has 1 unspecified atom stereocenters. The Labute approximate surface area is 111 Å². The fourth-order valence-electron chi connectivity index (χ4n) is 1.85. The van der Waals surface area contributed by atoms with Crippen LogP contribution in [0.2, 0.25) is 0 Å². The Morgan fingerprint density at radius 2 is 2.16 bits per heavy atom. The van der Waals surface area contributed by atoms with Crippen LogP contribution in [-0.4, -0.2) is 42.6 Å². The molecule has 0 saturated carbocycles. The van der Waals surface area contributed by atoms with Gasteiger partial charge in [0, 0.05) is 25.9 Å². The number of carbonyl (C=O) groups excluding carboxylic acids is 2. The SMILES string of the molecule is O=C(NCCNC(=O)C1CCCO1)c1ccccn1. The zero-order chi connectivity index (χ0) is 13.5. The molecule has 0 spiro atoms. The normalized spacial score (nSPS) is 18.0. The maximum Gasteiger partial charge on any atom is 0.269 e. The summed E-state index contributed by atoms with van der Waals surface area (Å²) in [6.45, 7) is 1.40. The molecule has 1 aromatic heterocycles. The lowest BCUT2D eigenvalue weighted by molar-refractivity contribution is -0.129. The highest BCUT2D eigenvalue weighted by molar-refractivity contribution is 5.92. The van der Waals surface area contributed by atoms with Gasteiger partial charge in [-0.05, 0) is 25.0 Å². The van der Waals surface area contributed by atoms with E-state index in [0.29, 0.717) is 25.4 Å². The van der Waals surface area contributed by atoms with Crippen molar-refractivity contribution in [1.29, 1.82) is 0 Å². The number of nitrogens with one attached hydrogen (secondary N) is 2. The Hall–Kier alpha value is -1.95. The number of aromatic nitrogens is 1. The minimum absolute atomic E-state index is 0.107. The molecule has 0 bridgehead atoms. The molecule has 19 heavy (non-hydrogen) atoms. The topological polar surface area (TPSA) is 80.3 Å². The van der Waals surface area contributed by atoms with Gasteiger partial charge in [-0.25, -0.2) is 0 Å². The summed E-state index contributed by atoms with van der Waals surface area (Å²) in [5.41, 5.74) is 0.368. The van der Waals surface area contributed by atoms with Crippen molar-refractivity contribution >= 4 is 11.8 Å². The van der Waals surface area contributed by atoms with E-state index < -0.39 is 0 Å². The van der Waals surface area contributed by atoms with E-state index in [1.165, 1.54) is 0 Å². The van der Waals surface area contributed by atoms with E-state index in [9.17, 15) is 9.59 Å². The summed E-state index contributed by atoms with van der Waals surface area (Å²) in [6, 6.07) is 5.14. The minimum Gasteiger partial charge on any atom is -0.368 e. The third-order valence-electron chi connectivity index (χ3n) is 2.83. The molecule has 0 aromatic carbocycles. The molecule has 102 valence electrons. The lowest BCUT2D eigenvalue weighted by Crippen LogP contribution is -2.39. The number of ether oxygens (including phenoxy) is 1. The number of pyridine rings is 1. The standard InChI is InChI=1S/C13H17N3O3/c17-12(10-4-1-2-6-14-10)15-7-8-16-13(18)11-5-3-9-19-11/h1-2,4,6,11H,3,5,7-9H2,(H,15,17)(H,16,18). The zero-order valence-corrected chi connectivity index (χ0v) is 10.6. The fraction of sp³-hybridized carbons (Fsp3) is 0.462. The summed E-state index contributed by atoms with van der Waals surface area (Å²) in [6.07, 6.45) is 2.93. The molecule has 2 amide bonds. The molecular formula is C13H17N3O3. The fourth-order valence-corrected chi connectivity index (χ4v) is 1.85. The van der Waals surface area contributed by atoms with Gasteiger partial charge in [-0.1, -0.05) is 6.07 Å². The molecule has 1 aliphatic heterocycles. The van der Waals surface area contributed by atoms with Crippen molar-refractivity contribution < 1.29 is 14.3 Å². The summed E-state index contributed by atoms with van der Waals surface area (Å²) in [5.74, 6) is -0.350. The molecule has 2 N–H and O–H groups in total. The second kappa shape index (κ2) is 6.84. The van der Waals surface area contributed by atoms with Crippen LogP contribution in [0.25, 0.3) is 0 Å². The maximum absolute atomic E-state index is 11.6. The van der Waals surface area contributed by atoms with Crippen molar-refractivity contribution in [2.24, 2.45) is 0 Å². The highest BCUT2D eigenvalue weighted by Gasteiger charge is 2.22. The third-order valence-corrected chi connectivity index (χ3v) is 2.83. The van der Waals surface area contributed by atoms with Crippen LogP contribution in [0.3, 0.4) is 0 Å². The van der Waals surface area contributed by atoms with Gasteiger partial charge in [0.25, 0.3) is 5.91 Å². The van der Waals surface area contributed by atoms with Crippen molar-refractivity contribution in [3.05, 3.63) is 30.1 Å². The molecule has 6 nitrogen and oxygen atoms in total. The molecule has 2 rings (SSSR count). The number of rotatable bonds is 5. The van der Waals surface area contributed by atoms with E-state index in [2.05, 4.69) is 15.6 Å². The molecule has 0 radical (unpaired) electrons. The molecule has 1 atom stereocenters. The Kier molecular flexibility index (Phi) is 4.85. The van der Waals surface area contributed by atoms with Crippen molar-refractivity contribution in [2.75, 3.05) is 19.7 Å². The third kappa shape index (κ3) is 4.03. The first kappa shape index (κ1) is 13.5. The van der Waals surface area contributed by atoms with Crippen LogP contribution in [0.1, 0.15) is 23.3 Å². The first-order valence-electron chi connectivity index (χ1n) is 6.36. The average molecular weight is 263 g/mol. The monoisotopic (exact) mass is 263 g/mol. The maximum atomic E-state index is 11.6. The smallest absolute Gasteiger partial charge is 0.269 e. The Morgan fingerprint density at radius 3 is 2.84 bits per heavy atom. The van der Waals surface area contributed by atoms with Crippen LogP contribution in [0.4, 0.5) is 0 Å². The van der Waals surface area contributed by atoms with Gasteiger partial charge in [0.2, 0.25) is 5.91 Å². The zero-order valence-electron chi connectivity index (χ0n) is 10.6. The average Bonchev–Trinajstić information content (AvgIpc) is 2.98. The van der Waals surface area contributed by atoms with Crippen LogP contribution >= 0.6 is 0 Å². The number of amides is 2. The summed E-state index contributed by atoms with van der Waals surface area (Å²) < 4.78 is 5.25. The van der Waals surface area contributed by atoms with Crippen molar-refractivity contribution in [3.63, 3.8) is 0 Å². The summed E-state index contributed by atoms with van der Waals surface area (Å²) >= 11 is 0. The number of hydrogen-bond donors (Lipinski definition) is 2. The largest absolute Gasteiger partial charge is 0.368 e. The summed E-state index contributed by atoms with van der Waals surface area (Å²) in [7, 11) is 0. The lowest BCUT2D eigenvalue weighted by Gasteiger charge is -2.10. The predicted octanol–water partition coefficient (Wildman–Crippen LogP) is 0.107. The van der Waals surface area contributed by atoms with Gasteiger partial charge in [-0.15, -0.1) is 0 Å². The molecule has 2 heterocycles. The quantitative estimate of drug-likeness (QED) is 0.739. The summed E-state index contributed by atoms with van der Waals surface area (Å²) in [4.78, 5) is 27.2. The van der Waals surface area contributed by atoms with Crippen molar-refractivity contribution in [2.45, 2.75) is 18.9 Å². The van der Waals surface area contributed by atoms with Gasteiger partial charge in [0.05, 0.1) is 0 Å². The molecule has 1 aliphatic rings. The van der Waals surface area contributed by atoms with Gasteiger partial charge >= 0.3 is 0 Å². The van der Waals surface area contributed by atoms with Crippen LogP contribution in [0, 0.1) is 0 Å². The second-order valence-corrected chi connectivity index (χ2v) is 4.26. The van der Waals surface area contributed by atoms with Gasteiger partial charge in [-0.3, -0.25) is 14.6 Å². The van der Waals surface area contributed by atoms with Crippen LogP contribution < -0.4 is 10.6 Å². The van der Waals surface area contributed by atoms with E-state index in [1.54, 1.807) is 24.4 Å². The van der Waals surface area contributed by atoms with Crippen molar-refractivity contribution in [3.8, 4) is 0 Å². The molecule has 6 heteroatoms. The minimum atomic E-state index is -0.327. The first-order valence-corrected chi connectivity index (χ1v) is 6.36. The Balaban J connectivity index is 1.64. The lowest BCUT2D eigenvalue weighted by atomic mass is 10.2. The van der Waals surface area contributed by atoms with E-state index in [4.69, 9.17) is 4.74 Å². The van der Waals surface area contributed by atoms with Crippen LogP contribution in [-0.2, 0) is 9.53 Å². The van der Waals surface area contributed by atoms with Gasteiger partial charge in [0.15, 0.2) is 0 Å². The van der Waals surface area contributed by atoms with Gasteiger partial charge in [-0.2, -0.15) is 0 Å². The van der Waals surface area contributed by atoms with Gasteiger partial charge in [0.1, 0.15) is 11.8 Å². The second-order valence-electron chi connectivity index (χ2n) is 4.26. The Bertz CT molecular complexity index is 430. The first-order chi connectivity index (χ1) is 9.27. The predicted molar refractivity (Wildman–Crippen MR) is 68.6 cm³/mol. The van der Waals surface area contributed by atoms with E-state index >= 15 is 0 Å². The molecule has 1 saturated heterocycles.